The highest BCUT2D eigenvalue weighted by Gasteiger charge is 2.38. The molecular weight excluding hydrogens is 380 g/mol. The topological polar surface area (TPSA) is 75.7 Å². The maximum absolute atomic E-state index is 12.5. The van der Waals surface area contributed by atoms with E-state index < -0.39 is 11.9 Å². The third-order valence-electron chi connectivity index (χ3n) is 5.59. The number of rotatable bonds is 7. The van der Waals surface area contributed by atoms with Crippen molar-refractivity contribution >= 4 is 23.5 Å². The van der Waals surface area contributed by atoms with E-state index in [1.807, 2.05) is 69.3 Å². The maximum atomic E-state index is 12.5. The van der Waals surface area contributed by atoms with E-state index in [4.69, 9.17) is 4.74 Å². The van der Waals surface area contributed by atoms with Crippen LogP contribution < -0.4 is 5.32 Å². The first kappa shape index (κ1) is 21.6. The third-order valence-corrected chi connectivity index (χ3v) is 5.59. The number of aryl methyl sites for hydroxylation is 2. The lowest BCUT2D eigenvalue weighted by Gasteiger charge is -2.25. The minimum Gasteiger partial charge on any atom is -0.455 e. The number of benzene rings is 2. The molecule has 0 unspecified atom stereocenters. The summed E-state index contributed by atoms with van der Waals surface area (Å²) in [5.41, 5.74) is 3.77. The molecule has 0 aliphatic carbocycles. The van der Waals surface area contributed by atoms with E-state index in [0.717, 1.165) is 28.8 Å². The number of likely N-dealkylation sites (tertiary alicyclic amines) is 1. The van der Waals surface area contributed by atoms with Crippen LogP contribution in [0.5, 0.6) is 0 Å². The zero-order valence-corrected chi connectivity index (χ0v) is 17.7. The average molecular weight is 408 g/mol. The summed E-state index contributed by atoms with van der Waals surface area (Å²) in [7, 11) is 0. The number of carbonyl (C=O) groups is 3. The zero-order valence-electron chi connectivity index (χ0n) is 17.7. The summed E-state index contributed by atoms with van der Waals surface area (Å²) in [4.78, 5) is 38.9. The molecule has 0 aromatic heterocycles. The van der Waals surface area contributed by atoms with Gasteiger partial charge in [-0.25, -0.2) is 0 Å². The molecule has 0 saturated carbocycles. The van der Waals surface area contributed by atoms with Crippen LogP contribution in [0.1, 0.15) is 43.0 Å². The van der Waals surface area contributed by atoms with Crippen molar-refractivity contribution in [1.29, 1.82) is 0 Å². The number of hydrogen-bond donors (Lipinski definition) is 1. The van der Waals surface area contributed by atoms with E-state index in [-0.39, 0.29) is 30.9 Å². The van der Waals surface area contributed by atoms with Gasteiger partial charge in [0.25, 0.3) is 5.91 Å². The van der Waals surface area contributed by atoms with Gasteiger partial charge in [0.1, 0.15) is 0 Å². The molecule has 2 amide bonds. The molecule has 0 bridgehead atoms. The van der Waals surface area contributed by atoms with E-state index >= 15 is 0 Å². The van der Waals surface area contributed by atoms with Crippen LogP contribution in [-0.2, 0) is 25.5 Å². The Labute approximate surface area is 177 Å². The van der Waals surface area contributed by atoms with Gasteiger partial charge < -0.3 is 15.0 Å². The normalized spacial score (nSPS) is 17.0. The predicted octanol–water partition coefficient (Wildman–Crippen LogP) is 3.65. The van der Waals surface area contributed by atoms with Crippen molar-refractivity contribution in [2.45, 2.75) is 39.7 Å². The summed E-state index contributed by atoms with van der Waals surface area (Å²) in [5, 5.41) is 2.84. The van der Waals surface area contributed by atoms with Crippen LogP contribution in [0.15, 0.2) is 48.5 Å². The highest BCUT2D eigenvalue weighted by atomic mass is 16.5. The van der Waals surface area contributed by atoms with Crippen molar-refractivity contribution < 1.29 is 19.1 Å². The fraction of sp³-hybridized carbons (Fsp3) is 0.375. The zero-order chi connectivity index (χ0) is 21.7. The van der Waals surface area contributed by atoms with Crippen LogP contribution in [-0.4, -0.2) is 35.8 Å². The van der Waals surface area contributed by atoms with Crippen molar-refractivity contribution in [3.8, 4) is 0 Å². The van der Waals surface area contributed by atoms with Crippen molar-refractivity contribution in [1.82, 2.24) is 4.90 Å². The fourth-order valence-corrected chi connectivity index (χ4v) is 3.81. The van der Waals surface area contributed by atoms with Crippen LogP contribution in [0, 0.1) is 12.8 Å². The van der Waals surface area contributed by atoms with Crippen molar-refractivity contribution in [2.75, 3.05) is 18.5 Å². The van der Waals surface area contributed by atoms with Gasteiger partial charge in [-0.3, -0.25) is 14.4 Å². The van der Waals surface area contributed by atoms with Crippen LogP contribution in [0.2, 0.25) is 0 Å². The monoisotopic (exact) mass is 408 g/mol. The first-order chi connectivity index (χ1) is 14.4. The lowest BCUT2D eigenvalue weighted by Crippen LogP contribution is -2.30. The van der Waals surface area contributed by atoms with Gasteiger partial charge in [0.2, 0.25) is 5.91 Å². The molecule has 3 rings (SSSR count). The first-order valence-corrected chi connectivity index (χ1v) is 10.3. The first-order valence-electron chi connectivity index (χ1n) is 10.3. The van der Waals surface area contributed by atoms with Gasteiger partial charge in [-0.15, -0.1) is 0 Å². The number of nitrogens with zero attached hydrogens (tertiary/aromatic N) is 1. The predicted molar refractivity (Wildman–Crippen MR) is 115 cm³/mol. The number of para-hydroxylation sites is 1. The third kappa shape index (κ3) is 4.87. The van der Waals surface area contributed by atoms with E-state index in [0.29, 0.717) is 6.54 Å². The second-order valence-corrected chi connectivity index (χ2v) is 7.65. The number of hydrogen-bond acceptors (Lipinski definition) is 4. The number of esters is 1. The SMILES string of the molecule is CCc1cccc(C)c1NC(=O)COC(=O)[C@H]1CC(=O)N([C@H](C)c2ccccc2)C1. The molecule has 158 valence electrons. The minimum absolute atomic E-state index is 0.0785. The number of anilines is 1. The van der Waals surface area contributed by atoms with Gasteiger partial charge in [-0.05, 0) is 37.0 Å². The lowest BCUT2D eigenvalue weighted by molar-refractivity contribution is -0.151. The largest absolute Gasteiger partial charge is 0.455 e. The van der Waals surface area contributed by atoms with Crippen LogP contribution >= 0.6 is 0 Å². The molecular formula is C24H28N2O4. The van der Waals surface area contributed by atoms with Gasteiger partial charge in [-0.1, -0.05) is 55.5 Å². The van der Waals surface area contributed by atoms with Gasteiger partial charge in [0.15, 0.2) is 6.61 Å². The number of nitrogens with one attached hydrogen (secondary N) is 1. The molecule has 6 nitrogen and oxygen atoms in total. The summed E-state index contributed by atoms with van der Waals surface area (Å²) in [6.45, 7) is 5.82. The second kappa shape index (κ2) is 9.57. The maximum Gasteiger partial charge on any atom is 0.311 e. The molecule has 1 heterocycles. The fourth-order valence-electron chi connectivity index (χ4n) is 3.81. The summed E-state index contributed by atoms with van der Waals surface area (Å²) < 4.78 is 5.23. The highest BCUT2D eigenvalue weighted by molar-refractivity contribution is 5.95. The van der Waals surface area contributed by atoms with Crippen molar-refractivity contribution in [3.63, 3.8) is 0 Å². The Kier molecular flexibility index (Phi) is 6.87. The van der Waals surface area contributed by atoms with E-state index in [1.54, 1.807) is 4.90 Å². The van der Waals surface area contributed by atoms with Crippen LogP contribution in [0.4, 0.5) is 5.69 Å². The molecule has 2 aromatic rings. The summed E-state index contributed by atoms with van der Waals surface area (Å²) in [6.07, 6.45) is 0.895. The number of ether oxygens (including phenoxy) is 1. The summed E-state index contributed by atoms with van der Waals surface area (Å²) in [6, 6.07) is 15.4. The minimum atomic E-state index is -0.555. The van der Waals surface area contributed by atoms with Gasteiger partial charge in [0, 0.05) is 18.7 Å². The Hall–Kier alpha value is -3.15. The molecule has 6 heteroatoms. The Morgan fingerprint density at radius 3 is 2.60 bits per heavy atom. The number of carbonyl (C=O) groups excluding carboxylic acids is 3. The molecule has 1 aliphatic heterocycles. The van der Waals surface area contributed by atoms with E-state index in [9.17, 15) is 14.4 Å². The Morgan fingerprint density at radius 2 is 1.90 bits per heavy atom. The Balaban J connectivity index is 1.54. The second-order valence-electron chi connectivity index (χ2n) is 7.65. The quantitative estimate of drug-likeness (QED) is 0.710. The molecule has 1 N–H and O–H groups in total. The Bertz CT molecular complexity index is 926. The smallest absolute Gasteiger partial charge is 0.311 e. The molecule has 2 atom stereocenters. The molecule has 1 fully saturated rings. The summed E-state index contributed by atoms with van der Waals surface area (Å²) >= 11 is 0. The average Bonchev–Trinajstić information content (AvgIpc) is 3.15. The summed E-state index contributed by atoms with van der Waals surface area (Å²) in [5.74, 6) is -1.53. The molecule has 1 saturated heterocycles. The lowest BCUT2D eigenvalue weighted by atomic mass is 10.1. The van der Waals surface area contributed by atoms with Crippen LogP contribution in [0.25, 0.3) is 0 Å². The standard InChI is InChI=1S/C24H28N2O4/c1-4-18-12-8-9-16(2)23(18)25-21(27)15-30-24(29)20-13-22(28)26(14-20)17(3)19-10-6-5-7-11-19/h5-12,17,20H,4,13-15H2,1-3H3,(H,25,27)/t17-,20+/m1/s1. The highest BCUT2D eigenvalue weighted by Crippen LogP contribution is 2.29. The molecule has 1 aliphatic rings. The van der Waals surface area contributed by atoms with Crippen LogP contribution in [0.3, 0.4) is 0 Å². The van der Waals surface area contributed by atoms with Crippen molar-refractivity contribution in [2.24, 2.45) is 5.92 Å². The van der Waals surface area contributed by atoms with Gasteiger partial charge in [-0.2, -0.15) is 0 Å². The van der Waals surface area contributed by atoms with Crippen molar-refractivity contribution in [3.05, 3.63) is 65.2 Å². The Morgan fingerprint density at radius 1 is 1.17 bits per heavy atom. The molecule has 30 heavy (non-hydrogen) atoms. The van der Waals surface area contributed by atoms with Gasteiger partial charge >= 0.3 is 5.97 Å². The molecule has 2 aromatic carbocycles. The molecule has 0 radical (unpaired) electrons. The number of amides is 2. The molecule has 0 spiro atoms. The van der Waals surface area contributed by atoms with Gasteiger partial charge in [0.05, 0.1) is 12.0 Å². The van der Waals surface area contributed by atoms with E-state index in [2.05, 4.69) is 5.32 Å². The van der Waals surface area contributed by atoms with E-state index in [1.165, 1.54) is 0 Å².